The maximum absolute atomic E-state index is 11.1. The molecule has 6 N–H and O–H groups in total. The van der Waals surface area contributed by atoms with Crippen LogP contribution in [0.25, 0.3) is 12.2 Å². The van der Waals surface area contributed by atoms with Gasteiger partial charge >= 0.3 is 0 Å². The SMILES string of the molecule is O=S(=O)(O)c1ccc(/C=C/c2cc(O)cc(O[C@@H]3O[C@H](CO)[C@@H](O)[C@H](O)[C@H]3O)c2)cc1. The van der Waals surface area contributed by atoms with Gasteiger partial charge in [-0.25, -0.2) is 0 Å². The molecule has 3 rings (SSSR count). The van der Waals surface area contributed by atoms with Crippen molar-refractivity contribution in [1.82, 2.24) is 0 Å². The number of aliphatic hydroxyl groups excluding tert-OH is 4. The maximum Gasteiger partial charge on any atom is 0.294 e. The van der Waals surface area contributed by atoms with Gasteiger partial charge in [-0.05, 0) is 35.4 Å². The van der Waals surface area contributed by atoms with E-state index in [4.69, 9.17) is 14.0 Å². The molecule has 0 bridgehead atoms. The summed E-state index contributed by atoms with van der Waals surface area (Å²) in [6, 6.07) is 9.62. The summed E-state index contributed by atoms with van der Waals surface area (Å²) in [5, 5.41) is 49.0. The summed E-state index contributed by atoms with van der Waals surface area (Å²) < 4.78 is 42.0. The summed E-state index contributed by atoms with van der Waals surface area (Å²) in [5.74, 6) is -0.0748. The molecule has 168 valence electrons. The van der Waals surface area contributed by atoms with Gasteiger partial charge in [-0.2, -0.15) is 8.42 Å². The Labute approximate surface area is 178 Å². The summed E-state index contributed by atoms with van der Waals surface area (Å²) >= 11 is 0. The van der Waals surface area contributed by atoms with Gasteiger partial charge in [-0.15, -0.1) is 0 Å². The molecule has 31 heavy (non-hydrogen) atoms. The van der Waals surface area contributed by atoms with Gasteiger partial charge in [0.15, 0.2) is 0 Å². The zero-order valence-electron chi connectivity index (χ0n) is 16.0. The molecule has 0 aromatic heterocycles. The van der Waals surface area contributed by atoms with E-state index >= 15 is 0 Å². The summed E-state index contributed by atoms with van der Waals surface area (Å²) in [7, 11) is -4.29. The van der Waals surface area contributed by atoms with E-state index < -0.39 is 47.4 Å². The van der Waals surface area contributed by atoms with Crippen LogP contribution in [0, 0.1) is 0 Å². The molecule has 11 heteroatoms. The number of phenols is 1. The van der Waals surface area contributed by atoms with Crippen LogP contribution in [-0.2, 0) is 14.9 Å². The first-order valence-corrected chi connectivity index (χ1v) is 10.6. The van der Waals surface area contributed by atoms with E-state index in [9.17, 15) is 34.0 Å². The van der Waals surface area contributed by atoms with Crippen molar-refractivity contribution in [1.29, 1.82) is 0 Å². The van der Waals surface area contributed by atoms with Crippen LogP contribution in [0.3, 0.4) is 0 Å². The van der Waals surface area contributed by atoms with Crippen LogP contribution < -0.4 is 4.74 Å². The molecule has 10 nitrogen and oxygen atoms in total. The van der Waals surface area contributed by atoms with Crippen LogP contribution in [0.4, 0.5) is 0 Å². The fourth-order valence-electron chi connectivity index (χ4n) is 3.01. The fraction of sp³-hybridized carbons (Fsp3) is 0.300. The number of hydrogen-bond donors (Lipinski definition) is 6. The molecule has 1 fully saturated rings. The molecule has 1 aliphatic heterocycles. The molecule has 0 saturated carbocycles. The number of benzene rings is 2. The third-order valence-electron chi connectivity index (χ3n) is 4.66. The summed E-state index contributed by atoms with van der Waals surface area (Å²) in [6.07, 6.45) is -4.02. The van der Waals surface area contributed by atoms with Crippen molar-refractivity contribution >= 4 is 22.3 Å². The normalized spacial score (nSPS) is 26.8. The van der Waals surface area contributed by atoms with Crippen molar-refractivity contribution < 1.29 is 48.0 Å². The molecule has 5 atom stereocenters. The largest absolute Gasteiger partial charge is 0.508 e. The average Bonchev–Trinajstić information content (AvgIpc) is 2.72. The minimum Gasteiger partial charge on any atom is -0.508 e. The van der Waals surface area contributed by atoms with Crippen molar-refractivity contribution in [2.45, 2.75) is 35.6 Å². The molecule has 0 unspecified atom stereocenters. The molecular formula is C20H22O10S. The Morgan fingerprint density at radius 2 is 1.58 bits per heavy atom. The highest BCUT2D eigenvalue weighted by Crippen LogP contribution is 2.28. The van der Waals surface area contributed by atoms with E-state index in [-0.39, 0.29) is 16.4 Å². The standard InChI is InChI=1S/C20H22O10S/c21-10-16-17(23)18(24)19(25)20(30-16)29-14-8-12(7-13(22)9-14)2-1-11-3-5-15(6-4-11)31(26,27)28/h1-9,16-25H,10H2,(H,26,27,28)/b2-1+/t16-,17-,18+,19-,20-/m1/s1. The first-order chi connectivity index (χ1) is 14.6. The Bertz CT molecular complexity index is 1030. The van der Waals surface area contributed by atoms with Crippen LogP contribution >= 0.6 is 0 Å². The molecule has 2 aromatic rings. The minimum absolute atomic E-state index is 0.0886. The summed E-state index contributed by atoms with van der Waals surface area (Å²) in [5.41, 5.74) is 1.10. The van der Waals surface area contributed by atoms with Crippen LogP contribution in [-0.4, -0.2) is 75.8 Å². The van der Waals surface area contributed by atoms with Crippen molar-refractivity contribution in [3.63, 3.8) is 0 Å². The number of rotatable bonds is 6. The molecule has 0 radical (unpaired) electrons. The molecule has 0 spiro atoms. The molecule has 1 heterocycles. The van der Waals surface area contributed by atoms with Gasteiger partial charge in [-0.3, -0.25) is 4.55 Å². The first kappa shape index (κ1) is 23.2. The van der Waals surface area contributed by atoms with Gasteiger partial charge in [0.25, 0.3) is 10.1 Å². The van der Waals surface area contributed by atoms with E-state index in [1.165, 1.54) is 42.5 Å². The van der Waals surface area contributed by atoms with Gasteiger partial charge in [0.1, 0.15) is 35.9 Å². The Hall–Kier alpha value is -2.51. The van der Waals surface area contributed by atoms with Gasteiger partial charge < -0.3 is 35.0 Å². The lowest BCUT2D eigenvalue weighted by Gasteiger charge is -2.39. The van der Waals surface area contributed by atoms with Gasteiger partial charge in [-0.1, -0.05) is 24.3 Å². The predicted octanol–water partition coefficient (Wildman–Crippen LogP) is -0.0120. The van der Waals surface area contributed by atoms with Crippen LogP contribution in [0.2, 0.25) is 0 Å². The highest BCUT2D eigenvalue weighted by atomic mass is 32.2. The third kappa shape index (κ3) is 5.60. The number of aliphatic hydroxyl groups is 4. The van der Waals surface area contributed by atoms with Crippen LogP contribution in [0.1, 0.15) is 11.1 Å². The van der Waals surface area contributed by atoms with Gasteiger partial charge in [0, 0.05) is 6.07 Å². The Kier molecular flexibility index (Phi) is 6.96. The second kappa shape index (κ2) is 9.32. The van der Waals surface area contributed by atoms with Crippen molar-refractivity contribution in [3.8, 4) is 11.5 Å². The lowest BCUT2D eigenvalue weighted by Crippen LogP contribution is -2.60. The molecule has 0 amide bonds. The molecule has 2 aromatic carbocycles. The van der Waals surface area contributed by atoms with E-state index in [0.29, 0.717) is 11.1 Å². The maximum atomic E-state index is 11.1. The van der Waals surface area contributed by atoms with Crippen molar-refractivity contribution in [3.05, 3.63) is 53.6 Å². The minimum atomic E-state index is -4.29. The van der Waals surface area contributed by atoms with E-state index in [0.717, 1.165) is 0 Å². The van der Waals surface area contributed by atoms with E-state index in [2.05, 4.69) is 0 Å². The second-order valence-corrected chi connectivity index (χ2v) is 8.37. The third-order valence-corrected chi connectivity index (χ3v) is 5.53. The first-order valence-electron chi connectivity index (χ1n) is 9.15. The number of ether oxygens (including phenoxy) is 2. The second-order valence-electron chi connectivity index (χ2n) is 6.95. The molecule has 1 saturated heterocycles. The Morgan fingerprint density at radius 1 is 0.935 bits per heavy atom. The monoisotopic (exact) mass is 454 g/mol. The quantitative estimate of drug-likeness (QED) is 0.257. The van der Waals surface area contributed by atoms with Crippen LogP contribution in [0.5, 0.6) is 11.5 Å². The predicted molar refractivity (Wildman–Crippen MR) is 108 cm³/mol. The van der Waals surface area contributed by atoms with E-state index in [1.54, 1.807) is 12.2 Å². The highest BCUT2D eigenvalue weighted by Gasteiger charge is 2.44. The lowest BCUT2D eigenvalue weighted by molar-refractivity contribution is -0.277. The van der Waals surface area contributed by atoms with Gasteiger partial charge in [0.2, 0.25) is 6.29 Å². The number of aromatic hydroxyl groups is 1. The number of phenolic OH excluding ortho intramolecular Hbond substituents is 1. The van der Waals surface area contributed by atoms with Crippen molar-refractivity contribution in [2.75, 3.05) is 6.61 Å². The molecule has 1 aliphatic rings. The zero-order valence-corrected chi connectivity index (χ0v) is 16.8. The smallest absolute Gasteiger partial charge is 0.294 e. The van der Waals surface area contributed by atoms with Gasteiger partial charge in [0.05, 0.1) is 11.5 Å². The fourth-order valence-corrected chi connectivity index (χ4v) is 3.49. The average molecular weight is 454 g/mol. The highest BCUT2D eigenvalue weighted by molar-refractivity contribution is 7.85. The number of hydrogen-bond acceptors (Lipinski definition) is 9. The molecular weight excluding hydrogens is 432 g/mol. The zero-order chi connectivity index (χ0) is 22.8. The van der Waals surface area contributed by atoms with Crippen molar-refractivity contribution in [2.24, 2.45) is 0 Å². The Morgan fingerprint density at radius 3 is 2.19 bits per heavy atom. The Balaban J connectivity index is 1.76. The topological polar surface area (TPSA) is 174 Å². The lowest BCUT2D eigenvalue weighted by atomic mass is 9.99. The molecule has 0 aliphatic carbocycles. The summed E-state index contributed by atoms with van der Waals surface area (Å²) in [4.78, 5) is -0.239. The summed E-state index contributed by atoms with van der Waals surface area (Å²) in [6.45, 7) is -0.602. The van der Waals surface area contributed by atoms with Crippen LogP contribution in [0.15, 0.2) is 47.4 Å². The van der Waals surface area contributed by atoms with E-state index in [1.807, 2.05) is 0 Å².